The van der Waals surface area contributed by atoms with Crippen molar-refractivity contribution in [2.45, 2.75) is 78.9 Å². The smallest absolute Gasteiger partial charge is 0.307 e. The number of nitrogens with zero attached hydrogens (tertiary/aromatic N) is 6. The molecule has 10 heteroatoms. The van der Waals surface area contributed by atoms with E-state index in [2.05, 4.69) is 65.6 Å². The van der Waals surface area contributed by atoms with E-state index in [0.717, 1.165) is 85.0 Å². The number of aryl methyl sites for hydroxylation is 2. The number of piperidine rings is 1. The predicted octanol–water partition coefficient (Wildman–Crippen LogP) is 5.21. The van der Waals surface area contributed by atoms with Crippen molar-refractivity contribution in [2.75, 3.05) is 61.3 Å². The van der Waals surface area contributed by atoms with Gasteiger partial charge in [-0.2, -0.15) is 4.98 Å². The van der Waals surface area contributed by atoms with Crippen molar-refractivity contribution >= 4 is 23.4 Å². The number of hydrogen-bond donors (Lipinski definition) is 1. The Balaban J connectivity index is 1.30. The first-order valence-corrected chi connectivity index (χ1v) is 16.6. The second-order valence-corrected chi connectivity index (χ2v) is 14.0. The van der Waals surface area contributed by atoms with Crippen LogP contribution in [0.1, 0.15) is 61.7 Å². The van der Waals surface area contributed by atoms with Gasteiger partial charge in [-0.3, -0.25) is 9.78 Å². The molecule has 0 aliphatic carbocycles. The largest absolute Gasteiger partial charge is 0.481 e. The van der Waals surface area contributed by atoms with Crippen LogP contribution in [0.2, 0.25) is 0 Å². The average molecular weight is 629 g/mol. The minimum atomic E-state index is -0.825. The number of carboxylic acids is 1. The topological polar surface area (TPSA) is 104 Å². The van der Waals surface area contributed by atoms with E-state index in [0.29, 0.717) is 25.8 Å². The first-order valence-electron chi connectivity index (χ1n) is 16.6. The predicted molar refractivity (Wildman–Crippen MR) is 181 cm³/mol. The summed E-state index contributed by atoms with van der Waals surface area (Å²) >= 11 is 0. The van der Waals surface area contributed by atoms with Gasteiger partial charge in [0.15, 0.2) is 0 Å². The lowest BCUT2D eigenvalue weighted by Gasteiger charge is -2.40. The Bertz CT molecular complexity index is 1580. The van der Waals surface area contributed by atoms with Gasteiger partial charge in [-0.05, 0) is 68.2 Å². The first kappa shape index (κ1) is 32.2. The van der Waals surface area contributed by atoms with Crippen LogP contribution in [0.25, 0.3) is 11.1 Å². The van der Waals surface area contributed by atoms with Gasteiger partial charge < -0.3 is 29.3 Å². The Morgan fingerprint density at radius 3 is 2.57 bits per heavy atom. The molecule has 5 heterocycles. The van der Waals surface area contributed by atoms with Crippen LogP contribution in [-0.4, -0.2) is 84.7 Å². The van der Waals surface area contributed by atoms with E-state index in [1.54, 1.807) is 7.11 Å². The van der Waals surface area contributed by atoms with Crippen molar-refractivity contribution in [2.24, 2.45) is 5.41 Å². The van der Waals surface area contributed by atoms with Crippen LogP contribution in [0.5, 0.6) is 0 Å². The molecule has 0 amide bonds. The number of aliphatic carboxylic acids is 1. The van der Waals surface area contributed by atoms with E-state index in [-0.39, 0.29) is 23.9 Å². The number of anilines is 3. The summed E-state index contributed by atoms with van der Waals surface area (Å²) in [5.74, 6) is 0.806. The number of carboxylic acid groups (broad SMARTS) is 1. The fourth-order valence-corrected chi connectivity index (χ4v) is 7.38. The summed E-state index contributed by atoms with van der Waals surface area (Å²) in [6.07, 6.45) is 4.85. The molecular weight excluding hydrogens is 580 g/mol. The van der Waals surface area contributed by atoms with E-state index in [4.69, 9.17) is 19.4 Å². The normalized spacial score (nSPS) is 21.3. The third-order valence-corrected chi connectivity index (χ3v) is 10.0. The number of pyridine rings is 1. The Kier molecular flexibility index (Phi) is 9.21. The summed E-state index contributed by atoms with van der Waals surface area (Å²) < 4.78 is 11.3. The monoisotopic (exact) mass is 628 g/mol. The minimum Gasteiger partial charge on any atom is -0.481 e. The molecule has 1 N–H and O–H groups in total. The van der Waals surface area contributed by atoms with E-state index in [1.165, 1.54) is 11.1 Å². The Hall–Kier alpha value is -3.76. The molecule has 10 nitrogen and oxygen atoms in total. The summed E-state index contributed by atoms with van der Waals surface area (Å²) in [5.41, 5.74) is 8.69. The van der Waals surface area contributed by atoms with Gasteiger partial charge in [-0.1, -0.05) is 32.0 Å². The molecule has 2 unspecified atom stereocenters. The van der Waals surface area contributed by atoms with Crippen molar-refractivity contribution in [1.82, 2.24) is 15.0 Å². The lowest BCUT2D eigenvalue weighted by atomic mass is 9.82. The molecule has 3 aliphatic rings. The maximum atomic E-state index is 12.0. The number of morpholine rings is 1. The van der Waals surface area contributed by atoms with Gasteiger partial charge in [0.1, 0.15) is 5.82 Å². The molecule has 0 spiro atoms. The third-order valence-electron chi connectivity index (χ3n) is 10.0. The molecule has 1 aromatic carbocycles. The maximum Gasteiger partial charge on any atom is 0.307 e. The maximum absolute atomic E-state index is 12.0. The number of ether oxygens (including phenoxy) is 2. The molecule has 3 aliphatic heterocycles. The molecule has 0 radical (unpaired) electrons. The first-order chi connectivity index (χ1) is 22.0. The molecule has 2 atom stereocenters. The average Bonchev–Trinajstić information content (AvgIpc) is 3.02. The standard InChI is InChI=1S/C36H48N6O4/c1-23-20-46-22-29(21-45-6)42(23)35-37-13-9-31(39-35)41-14-10-26-17-27(7-8-28(26)19-41)33-25(3)38-24(2)30(18-32(43)44)34(33)40-15-11-36(4,5)12-16-40/h7-9,13,17,23,29H,10-12,14-16,18-22H2,1-6H3,(H,43,44). The molecular formula is C36H48N6O4. The van der Waals surface area contributed by atoms with E-state index in [9.17, 15) is 9.90 Å². The van der Waals surface area contributed by atoms with Crippen LogP contribution in [-0.2, 0) is 33.7 Å². The molecule has 2 aromatic heterocycles. The molecule has 3 aromatic rings. The van der Waals surface area contributed by atoms with Gasteiger partial charge in [0.25, 0.3) is 0 Å². The summed E-state index contributed by atoms with van der Waals surface area (Å²) in [7, 11) is 1.71. The van der Waals surface area contributed by atoms with Crippen LogP contribution in [0, 0.1) is 19.3 Å². The van der Waals surface area contributed by atoms with E-state index >= 15 is 0 Å². The highest BCUT2D eigenvalue weighted by Gasteiger charge is 2.33. The Labute approximate surface area is 272 Å². The Morgan fingerprint density at radius 1 is 1.04 bits per heavy atom. The van der Waals surface area contributed by atoms with Crippen molar-refractivity contribution in [3.63, 3.8) is 0 Å². The van der Waals surface area contributed by atoms with Gasteiger partial charge >= 0.3 is 5.97 Å². The minimum absolute atomic E-state index is 0.0302. The molecule has 246 valence electrons. The van der Waals surface area contributed by atoms with Gasteiger partial charge in [-0.25, -0.2) is 4.98 Å². The lowest BCUT2D eigenvalue weighted by molar-refractivity contribution is -0.136. The van der Waals surface area contributed by atoms with Crippen LogP contribution in [0.4, 0.5) is 17.5 Å². The second kappa shape index (κ2) is 13.2. The SMILES string of the molecule is COCC1COCC(C)N1c1nccc(N2CCc3cc(-c4c(C)nc(C)c(CC(=O)O)c4N4CCC(C)(C)CC4)ccc3C2)n1. The summed E-state index contributed by atoms with van der Waals surface area (Å²) in [5, 5.41) is 9.87. The number of carbonyl (C=O) groups is 1. The lowest BCUT2D eigenvalue weighted by Crippen LogP contribution is -2.53. The highest BCUT2D eigenvalue weighted by molar-refractivity contribution is 5.86. The van der Waals surface area contributed by atoms with Crippen molar-refractivity contribution in [3.8, 4) is 11.1 Å². The quantitative estimate of drug-likeness (QED) is 0.358. The van der Waals surface area contributed by atoms with Crippen molar-refractivity contribution in [3.05, 3.63) is 58.5 Å². The fourth-order valence-electron chi connectivity index (χ4n) is 7.38. The highest BCUT2D eigenvalue weighted by Crippen LogP contribution is 2.42. The fraction of sp³-hybridized carbons (Fsp3) is 0.556. The molecule has 0 bridgehead atoms. The number of methoxy groups -OCH3 is 1. The number of aromatic nitrogens is 3. The van der Waals surface area contributed by atoms with E-state index in [1.807, 2.05) is 19.2 Å². The van der Waals surface area contributed by atoms with Gasteiger partial charge in [0.2, 0.25) is 5.95 Å². The molecule has 2 saturated heterocycles. The summed E-state index contributed by atoms with van der Waals surface area (Å²) in [4.78, 5) is 33.6. The number of benzene rings is 1. The van der Waals surface area contributed by atoms with Crippen LogP contribution < -0.4 is 14.7 Å². The molecule has 2 fully saturated rings. The third kappa shape index (κ3) is 6.55. The Morgan fingerprint density at radius 2 is 1.83 bits per heavy atom. The van der Waals surface area contributed by atoms with Crippen LogP contribution in [0.3, 0.4) is 0 Å². The number of rotatable bonds is 8. The zero-order valence-electron chi connectivity index (χ0n) is 28.2. The second-order valence-electron chi connectivity index (χ2n) is 14.0. The highest BCUT2D eigenvalue weighted by atomic mass is 16.5. The summed E-state index contributed by atoms with van der Waals surface area (Å²) in [6, 6.07) is 8.96. The van der Waals surface area contributed by atoms with Gasteiger partial charge in [0, 0.05) is 62.0 Å². The number of hydrogen-bond acceptors (Lipinski definition) is 9. The molecule has 0 saturated carbocycles. The van der Waals surface area contributed by atoms with Gasteiger partial charge in [-0.15, -0.1) is 0 Å². The van der Waals surface area contributed by atoms with E-state index < -0.39 is 5.97 Å². The van der Waals surface area contributed by atoms with Crippen LogP contribution >= 0.6 is 0 Å². The number of fused-ring (bicyclic) bond motifs is 1. The zero-order chi connectivity index (χ0) is 32.6. The molecule has 6 rings (SSSR count). The van der Waals surface area contributed by atoms with Crippen molar-refractivity contribution < 1.29 is 19.4 Å². The molecule has 46 heavy (non-hydrogen) atoms. The zero-order valence-corrected chi connectivity index (χ0v) is 28.2. The van der Waals surface area contributed by atoms with Gasteiger partial charge in [0.05, 0.1) is 44.0 Å². The summed E-state index contributed by atoms with van der Waals surface area (Å²) in [6.45, 7) is 16.0. The van der Waals surface area contributed by atoms with Crippen molar-refractivity contribution in [1.29, 1.82) is 0 Å². The van der Waals surface area contributed by atoms with Crippen LogP contribution in [0.15, 0.2) is 30.5 Å².